The van der Waals surface area contributed by atoms with Crippen LogP contribution in [0.3, 0.4) is 0 Å². The summed E-state index contributed by atoms with van der Waals surface area (Å²) >= 11 is 0. The number of carbonyl (C=O) groups excluding carboxylic acids is 2. The number of primary amides is 1. The molecule has 6 nitrogen and oxygen atoms in total. The Morgan fingerprint density at radius 3 is 2.70 bits per heavy atom. The summed E-state index contributed by atoms with van der Waals surface area (Å²) in [4.78, 5) is 24.5. The van der Waals surface area contributed by atoms with Crippen LogP contribution in [-0.4, -0.2) is 25.3 Å². The van der Waals surface area contributed by atoms with E-state index >= 15 is 0 Å². The first-order chi connectivity index (χ1) is 4.66. The Labute approximate surface area is 57.0 Å². The molecule has 0 unspecified atom stereocenters. The van der Waals surface area contributed by atoms with Crippen LogP contribution in [-0.2, 0) is 9.63 Å². The molecule has 0 spiro atoms. The summed E-state index contributed by atoms with van der Waals surface area (Å²) in [5.41, 5.74) is 4.59. The third kappa shape index (κ3) is 4.57. The number of hydrogen-bond acceptors (Lipinski definition) is 4. The van der Waals surface area contributed by atoms with E-state index in [0.717, 1.165) is 6.21 Å². The third-order valence-corrected chi connectivity index (χ3v) is 0.522. The summed E-state index contributed by atoms with van der Waals surface area (Å²) in [5, 5.41) is 4.83. The molecule has 0 saturated carbocycles. The van der Waals surface area contributed by atoms with Gasteiger partial charge in [-0.15, -0.1) is 0 Å². The van der Waals surface area contributed by atoms with Crippen molar-refractivity contribution in [1.82, 2.24) is 5.32 Å². The first kappa shape index (κ1) is 8.41. The summed E-state index contributed by atoms with van der Waals surface area (Å²) in [7, 11) is 1.27. The number of imide groups is 1. The van der Waals surface area contributed by atoms with Crippen LogP contribution < -0.4 is 11.1 Å². The molecule has 56 valence electrons. The number of carbonyl (C=O) groups is 2. The van der Waals surface area contributed by atoms with Crippen molar-refractivity contribution in [3.8, 4) is 0 Å². The maximum Gasteiger partial charge on any atom is 0.319 e. The van der Waals surface area contributed by atoms with E-state index in [0.29, 0.717) is 0 Å². The fourth-order valence-corrected chi connectivity index (χ4v) is 0.254. The molecule has 6 heteroatoms. The van der Waals surface area contributed by atoms with Gasteiger partial charge in [-0.2, -0.15) is 0 Å². The summed E-state index contributed by atoms with van der Waals surface area (Å²) in [5.74, 6) is -0.714. The summed E-state index contributed by atoms with van der Waals surface area (Å²) in [6, 6.07) is -0.924. The van der Waals surface area contributed by atoms with Gasteiger partial charge in [-0.25, -0.2) is 4.79 Å². The van der Waals surface area contributed by atoms with Crippen LogP contribution in [0.25, 0.3) is 0 Å². The zero-order valence-corrected chi connectivity index (χ0v) is 5.33. The molecule has 0 atom stereocenters. The first-order valence-corrected chi connectivity index (χ1v) is 2.33. The van der Waals surface area contributed by atoms with Gasteiger partial charge in [0.1, 0.15) is 13.3 Å². The maximum atomic E-state index is 10.4. The van der Waals surface area contributed by atoms with E-state index in [2.05, 4.69) is 15.7 Å². The van der Waals surface area contributed by atoms with E-state index in [1.807, 2.05) is 0 Å². The summed E-state index contributed by atoms with van der Waals surface area (Å²) in [6.07, 6.45) is 0.796. The van der Waals surface area contributed by atoms with Gasteiger partial charge in [0, 0.05) is 0 Å². The van der Waals surface area contributed by atoms with Crippen LogP contribution >= 0.6 is 0 Å². The molecule has 10 heavy (non-hydrogen) atoms. The van der Waals surface area contributed by atoms with E-state index < -0.39 is 11.9 Å². The van der Waals surface area contributed by atoms with Crippen LogP contribution in [0.4, 0.5) is 4.79 Å². The van der Waals surface area contributed by atoms with Gasteiger partial charge >= 0.3 is 6.03 Å². The van der Waals surface area contributed by atoms with Crippen molar-refractivity contribution in [3.63, 3.8) is 0 Å². The quantitative estimate of drug-likeness (QED) is 0.378. The van der Waals surface area contributed by atoms with Gasteiger partial charge in [-0.05, 0) is 0 Å². The lowest BCUT2D eigenvalue weighted by Crippen LogP contribution is -2.35. The molecule has 0 aliphatic carbocycles. The molecule has 3 N–H and O–H groups in total. The van der Waals surface area contributed by atoms with E-state index in [9.17, 15) is 9.59 Å². The monoisotopic (exact) mass is 145 g/mol. The topological polar surface area (TPSA) is 93.8 Å². The first-order valence-electron chi connectivity index (χ1n) is 2.33. The number of amides is 3. The van der Waals surface area contributed by atoms with Crippen molar-refractivity contribution >= 4 is 18.2 Å². The zero-order valence-electron chi connectivity index (χ0n) is 5.33. The Balaban J connectivity index is 3.64. The fraction of sp³-hybridized carbons (Fsp3) is 0.250. The van der Waals surface area contributed by atoms with Crippen molar-refractivity contribution in [3.05, 3.63) is 0 Å². The van der Waals surface area contributed by atoms with Crippen LogP contribution in [0.5, 0.6) is 0 Å². The van der Waals surface area contributed by atoms with E-state index in [1.165, 1.54) is 7.11 Å². The summed E-state index contributed by atoms with van der Waals surface area (Å²) < 4.78 is 0. The number of nitrogens with zero attached hydrogens (tertiary/aromatic N) is 1. The molecular formula is C4H7N3O3. The highest BCUT2D eigenvalue weighted by atomic mass is 16.6. The van der Waals surface area contributed by atoms with Gasteiger partial charge in [0.2, 0.25) is 0 Å². The number of urea groups is 1. The fourth-order valence-electron chi connectivity index (χ4n) is 0.254. The van der Waals surface area contributed by atoms with Crippen molar-refractivity contribution in [2.45, 2.75) is 0 Å². The lowest BCUT2D eigenvalue weighted by Gasteiger charge is -1.90. The second kappa shape index (κ2) is 4.30. The highest BCUT2D eigenvalue weighted by Gasteiger charge is 1.97. The predicted octanol–water partition coefficient (Wildman–Crippen LogP) is -1.19. The van der Waals surface area contributed by atoms with E-state index in [4.69, 9.17) is 0 Å². The highest BCUT2D eigenvalue weighted by molar-refractivity contribution is 6.29. The van der Waals surface area contributed by atoms with Gasteiger partial charge in [-0.1, -0.05) is 5.16 Å². The number of nitrogens with one attached hydrogen (secondary N) is 1. The second-order valence-electron chi connectivity index (χ2n) is 1.27. The van der Waals surface area contributed by atoms with Crippen LogP contribution in [0.1, 0.15) is 0 Å². The van der Waals surface area contributed by atoms with E-state index in [1.54, 1.807) is 5.32 Å². The molecule has 0 aromatic carbocycles. The standard InChI is InChI=1S/C4H7N3O3/c1-10-6-2-3(8)7-4(5)9/h2H,1H3,(H3,5,7,8,9). The Morgan fingerprint density at radius 2 is 2.30 bits per heavy atom. The molecule has 0 bridgehead atoms. The maximum absolute atomic E-state index is 10.4. The zero-order chi connectivity index (χ0) is 7.98. The van der Waals surface area contributed by atoms with Gasteiger partial charge in [0.05, 0.1) is 0 Å². The molecule has 0 radical (unpaired) electrons. The van der Waals surface area contributed by atoms with Gasteiger partial charge < -0.3 is 10.6 Å². The molecule has 0 rings (SSSR count). The Morgan fingerprint density at radius 1 is 1.70 bits per heavy atom. The highest BCUT2D eigenvalue weighted by Crippen LogP contribution is 1.64. The minimum absolute atomic E-state index is 0.714. The number of rotatable bonds is 2. The van der Waals surface area contributed by atoms with Crippen LogP contribution in [0.15, 0.2) is 5.16 Å². The van der Waals surface area contributed by atoms with Gasteiger partial charge in [0.15, 0.2) is 0 Å². The van der Waals surface area contributed by atoms with Crippen LogP contribution in [0, 0.1) is 0 Å². The molecule has 0 aromatic heterocycles. The van der Waals surface area contributed by atoms with Gasteiger partial charge in [-0.3, -0.25) is 10.1 Å². The Kier molecular flexibility index (Phi) is 3.62. The molecule has 0 fully saturated rings. The number of oxime groups is 1. The van der Waals surface area contributed by atoms with E-state index in [-0.39, 0.29) is 0 Å². The summed E-state index contributed by atoms with van der Waals surface area (Å²) in [6.45, 7) is 0. The molecule has 0 saturated heterocycles. The molecule has 0 aliphatic rings. The average molecular weight is 145 g/mol. The Hall–Kier alpha value is -1.59. The van der Waals surface area contributed by atoms with Crippen molar-refractivity contribution < 1.29 is 14.4 Å². The van der Waals surface area contributed by atoms with Crippen molar-refractivity contribution in [1.29, 1.82) is 0 Å². The molecule has 0 heterocycles. The lowest BCUT2D eigenvalue weighted by molar-refractivity contribution is -0.113. The smallest absolute Gasteiger partial charge is 0.319 e. The van der Waals surface area contributed by atoms with Crippen LogP contribution in [0.2, 0.25) is 0 Å². The molecular weight excluding hydrogens is 138 g/mol. The van der Waals surface area contributed by atoms with Gasteiger partial charge in [0.25, 0.3) is 5.91 Å². The second-order valence-corrected chi connectivity index (χ2v) is 1.27. The largest absolute Gasteiger partial charge is 0.399 e. The minimum Gasteiger partial charge on any atom is -0.399 e. The normalized spacial score (nSPS) is 9.30. The molecule has 0 aliphatic heterocycles. The number of hydrogen-bond donors (Lipinski definition) is 2. The SMILES string of the molecule is CON=CC(=O)NC(N)=O. The van der Waals surface area contributed by atoms with Crippen molar-refractivity contribution in [2.24, 2.45) is 10.9 Å². The number of nitrogens with two attached hydrogens (primary N) is 1. The predicted molar refractivity (Wildman–Crippen MR) is 33.2 cm³/mol. The minimum atomic E-state index is -0.924. The van der Waals surface area contributed by atoms with Crippen molar-refractivity contribution in [2.75, 3.05) is 7.11 Å². The Bertz CT molecular complexity index is 165. The molecule has 0 aromatic rings. The lowest BCUT2D eigenvalue weighted by atomic mass is 10.7. The molecule has 3 amide bonds. The third-order valence-electron chi connectivity index (χ3n) is 0.522. The average Bonchev–Trinajstić information content (AvgIpc) is 1.82.